The molecule has 5 nitrogen and oxygen atoms in total. The van der Waals surface area contributed by atoms with E-state index in [4.69, 9.17) is 10.5 Å². The Hall–Kier alpha value is -1.66. The number of ether oxygens (including phenoxy) is 1. The van der Waals surface area contributed by atoms with Gasteiger partial charge in [-0.2, -0.15) is 0 Å². The number of nitrogens with two attached hydrogens (primary N) is 1. The fourth-order valence-electron chi connectivity index (χ4n) is 2.01. The molecule has 1 saturated heterocycles. The van der Waals surface area contributed by atoms with Gasteiger partial charge in [0.1, 0.15) is 11.4 Å². The molecule has 1 aliphatic heterocycles. The lowest BCUT2D eigenvalue weighted by Crippen LogP contribution is -2.47. The summed E-state index contributed by atoms with van der Waals surface area (Å²) in [5.74, 6) is -1.09. The normalized spacial score (nSPS) is 26.4. The van der Waals surface area contributed by atoms with Gasteiger partial charge in [-0.15, -0.1) is 0 Å². The number of nitrogen functional groups attached to an aromatic ring is 1. The number of nitrogens with one attached hydrogen (secondary N) is 1. The van der Waals surface area contributed by atoms with Crippen LogP contribution in [0.3, 0.4) is 0 Å². The van der Waals surface area contributed by atoms with Crippen molar-refractivity contribution in [2.24, 2.45) is 0 Å². The molecule has 1 aromatic carbocycles. The fraction of sp³-hybridized carbons (Fsp3) is 0.462. The van der Waals surface area contributed by atoms with E-state index < -0.39 is 17.3 Å². The van der Waals surface area contributed by atoms with E-state index in [9.17, 15) is 14.3 Å². The molecule has 0 spiro atoms. The maximum atomic E-state index is 13.2. The van der Waals surface area contributed by atoms with Crippen LogP contribution in [0.5, 0.6) is 0 Å². The zero-order valence-electron chi connectivity index (χ0n) is 10.6. The number of hydrogen-bond acceptors (Lipinski definition) is 4. The summed E-state index contributed by atoms with van der Waals surface area (Å²) in [6.45, 7) is 2.28. The van der Waals surface area contributed by atoms with Gasteiger partial charge in [0.15, 0.2) is 0 Å². The molecule has 0 aromatic heterocycles. The van der Waals surface area contributed by atoms with Gasteiger partial charge in [0, 0.05) is 25.1 Å². The van der Waals surface area contributed by atoms with E-state index in [0.717, 1.165) is 6.07 Å². The van der Waals surface area contributed by atoms with E-state index in [1.807, 2.05) is 0 Å². The van der Waals surface area contributed by atoms with E-state index in [-0.39, 0.29) is 23.9 Å². The lowest BCUT2D eigenvalue weighted by atomic mass is 9.96. The van der Waals surface area contributed by atoms with E-state index in [1.165, 1.54) is 12.1 Å². The highest BCUT2D eigenvalue weighted by molar-refractivity contribution is 5.94. The molecule has 1 fully saturated rings. The molecular formula is C13H17FN2O3. The van der Waals surface area contributed by atoms with Crippen molar-refractivity contribution < 1.29 is 19.0 Å². The summed E-state index contributed by atoms with van der Waals surface area (Å²) in [6.07, 6.45) is 0.126. The summed E-state index contributed by atoms with van der Waals surface area (Å²) in [6, 6.07) is 3.84. The maximum Gasteiger partial charge on any atom is 0.251 e. The number of benzene rings is 1. The van der Waals surface area contributed by atoms with Crippen molar-refractivity contribution in [2.75, 3.05) is 18.9 Å². The van der Waals surface area contributed by atoms with E-state index >= 15 is 0 Å². The van der Waals surface area contributed by atoms with Gasteiger partial charge < -0.3 is 20.9 Å². The first-order valence-electron chi connectivity index (χ1n) is 6.09. The molecule has 1 aromatic rings. The summed E-state index contributed by atoms with van der Waals surface area (Å²) >= 11 is 0. The van der Waals surface area contributed by atoms with E-state index in [2.05, 4.69) is 5.32 Å². The van der Waals surface area contributed by atoms with Crippen LogP contribution in [-0.2, 0) is 4.74 Å². The first-order valence-corrected chi connectivity index (χ1v) is 6.09. The number of amides is 1. The summed E-state index contributed by atoms with van der Waals surface area (Å²) in [7, 11) is 0. The molecule has 0 bridgehead atoms. The Balaban J connectivity index is 1.99. The van der Waals surface area contributed by atoms with Crippen LogP contribution in [0.1, 0.15) is 23.7 Å². The van der Waals surface area contributed by atoms with Crippen LogP contribution in [0.25, 0.3) is 0 Å². The highest BCUT2D eigenvalue weighted by Crippen LogP contribution is 2.24. The van der Waals surface area contributed by atoms with E-state index in [0.29, 0.717) is 13.0 Å². The van der Waals surface area contributed by atoms with E-state index in [1.54, 1.807) is 6.92 Å². The second-order valence-corrected chi connectivity index (χ2v) is 4.79. The number of hydrogen-bond donors (Lipinski definition) is 3. The SMILES string of the molecule is CC1OCCC1(O)CNC(=O)c1ccc(N)c(F)c1. The minimum absolute atomic E-state index is 0.00649. The van der Waals surface area contributed by atoms with Gasteiger partial charge in [0.05, 0.1) is 11.8 Å². The van der Waals surface area contributed by atoms with Crippen molar-refractivity contribution in [3.8, 4) is 0 Å². The van der Waals surface area contributed by atoms with Crippen LogP contribution in [0.4, 0.5) is 10.1 Å². The minimum atomic E-state index is -1.07. The molecule has 1 aliphatic rings. The second kappa shape index (κ2) is 5.14. The molecule has 0 radical (unpaired) electrons. The van der Waals surface area contributed by atoms with Gasteiger partial charge in [-0.1, -0.05) is 0 Å². The zero-order valence-corrected chi connectivity index (χ0v) is 10.6. The first-order chi connectivity index (χ1) is 8.92. The molecule has 19 heavy (non-hydrogen) atoms. The van der Waals surface area contributed by atoms with Crippen LogP contribution in [0.15, 0.2) is 18.2 Å². The molecule has 2 unspecified atom stereocenters. The molecule has 104 valence electrons. The molecule has 1 amide bonds. The van der Waals surface area contributed by atoms with Crippen LogP contribution in [0.2, 0.25) is 0 Å². The highest BCUT2D eigenvalue weighted by atomic mass is 19.1. The lowest BCUT2D eigenvalue weighted by Gasteiger charge is -2.26. The van der Waals surface area contributed by atoms with Gasteiger partial charge in [-0.25, -0.2) is 4.39 Å². The smallest absolute Gasteiger partial charge is 0.251 e. The molecular weight excluding hydrogens is 251 g/mol. The molecule has 1 heterocycles. The zero-order chi connectivity index (χ0) is 14.0. The molecule has 6 heteroatoms. The summed E-state index contributed by atoms with van der Waals surface area (Å²) in [5, 5.41) is 12.8. The summed E-state index contributed by atoms with van der Waals surface area (Å²) in [4.78, 5) is 11.8. The Kier molecular flexibility index (Phi) is 3.73. The van der Waals surface area contributed by atoms with Crippen molar-refractivity contribution in [2.45, 2.75) is 25.0 Å². The van der Waals surface area contributed by atoms with Crippen LogP contribution < -0.4 is 11.1 Å². The number of carbonyl (C=O) groups is 1. The van der Waals surface area contributed by atoms with Crippen LogP contribution in [0, 0.1) is 5.82 Å². The molecule has 0 aliphatic carbocycles. The van der Waals surface area contributed by atoms with Gasteiger partial charge in [-0.05, 0) is 25.1 Å². The molecule has 2 rings (SSSR count). The topological polar surface area (TPSA) is 84.6 Å². The number of anilines is 1. The van der Waals surface area contributed by atoms with Crippen LogP contribution in [-0.4, -0.2) is 35.9 Å². The number of halogens is 1. The quantitative estimate of drug-likeness (QED) is 0.704. The molecule has 4 N–H and O–H groups in total. The Morgan fingerprint density at radius 2 is 2.42 bits per heavy atom. The maximum absolute atomic E-state index is 13.2. The predicted octanol–water partition coefficient (Wildman–Crippen LogP) is 0.678. The Morgan fingerprint density at radius 3 is 3.00 bits per heavy atom. The van der Waals surface area contributed by atoms with Crippen molar-refractivity contribution in [1.82, 2.24) is 5.32 Å². The summed E-state index contributed by atoms with van der Waals surface area (Å²) in [5.41, 5.74) is 4.43. The first kappa shape index (κ1) is 13.8. The summed E-state index contributed by atoms with van der Waals surface area (Å²) < 4.78 is 18.5. The third kappa shape index (κ3) is 2.85. The number of rotatable bonds is 3. The molecule has 0 saturated carbocycles. The second-order valence-electron chi connectivity index (χ2n) is 4.79. The standard InChI is InChI=1S/C13H17FN2O3/c1-8-13(18,4-5-19-8)7-16-12(17)9-2-3-11(15)10(14)6-9/h2-3,6,8,18H,4-5,7,15H2,1H3,(H,16,17). The van der Waals surface area contributed by atoms with Crippen molar-refractivity contribution in [3.63, 3.8) is 0 Å². The predicted molar refractivity (Wildman–Crippen MR) is 68.1 cm³/mol. The molecule has 2 atom stereocenters. The van der Waals surface area contributed by atoms with Crippen molar-refractivity contribution in [1.29, 1.82) is 0 Å². The number of aliphatic hydroxyl groups is 1. The average Bonchev–Trinajstić information content (AvgIpc) is 2.71. The fourth-order valence-corrected chi connectivity index (χ4v) is 2.01. The number of carbonyl (C=O) groups excluding carboxylic acids is 1. The van der Waals surface area contributed by atoms with Crippen LogP contribution >= 0.6 is 0 Å². The van der Waals surface area contributed by atoms with Crippen molar-refractivity contribution in [3.05, 3.63) is 29.6 Å². The van der Waals surface area contributed by atoms with Gasteiger partial charge in [-0.3, -0.25) is 4.79 Å². The van der Waals surface area contributed by atoms with Gasteiger partial charge in [0.2, 0.25) is 0 Å². The average molecular weight is 268 g/mol. The third-order valence-corrected chi connectivity index (χ3v) is 3.48. The highest BCUT2D eigenvalue weighted by Gasteiger charge is 2.39. The Bertz CT molecular complexity index is 495. The third-order valence-electron chi connectivity index (χ3n) is 3.48. The lowest BCUT2D eigenvalue weighted by molar-refractivity contribution is -0.0251. The largest absolute Gasteiger partial charge is 0.396 e. The van der Waals surface area contributed by atoms with Gasteiger partial charge >= 0.3 is 0 Å². The monoisotopic (exact) mass is 268 g/mol. The van der Waals surface area contributed by atoms with Gasteiger partial charge in [0.25, 0.3) is 5.91 Å². The Morgan fingerprint density at radius 1 is 1.68 bits per heavy atom. The minimum Gasteiger partial charge on any atom is -0.396 e. The van der Waals surface area contributed by atoms with Crippen molar-refractivity contribution >= 4 is 11.6 Å². The Labute approximate surface area is 110 Å².